The highest BCUT2D eigenvalue weighted by Crippen LogP contribution is 2.28. The number of urea groups is 1. The minimum Gasteiger partial charge on any atom is -0.481 e. The lowest BCUT2D eigenvalue weighted by atomic mass is 9.86. The van der Waals surface area contributed by atoms with Gasteiger partial charge in [0, 0.05) is 18.9 Å². The number of rotatable bonds is 6. The fraction of sp³-hybridized carbons (Fsp3) is 0.533. The molecule has 6 heteroatoms. The SMILES string of the molecule is CC(C)(C)CC(NC(=O)NCCC(=O)O)c1cccnc1. The van der Waals surface area contributed by atoms with Gasteiger partial charge in [0.2, 0.25) is 0 Å². The molecule has 0 spiro atoms. The summed E-state index contributed by atoms with van der Waals surface area (Å²) in [4.78, 5) is 26.4. The lowest BCUT2D eigenvalue weighted by Gasteiger charge is -2.27. The van der Waals surface area contributed by atoms with E-state index in [0.717, 1.165) is 12.0 Å². The second-order valence-corrected chi connectivity index (χ2v) is 6.15. The highest BCUT2D eigenvalue weighted by molar-refractivity contribution is 5.75. The van der Waals surface area contributed by atoms with Crippen LogP contribution in [0.15, 0.2) is 24.5 Å². The maximum absolute atomic E-state index is 11.9. The lowest BCUT2D eigenvalue weighted by Crippen LogP contribution is -2.40. The summed E-state index contributed by atoms with van der Waals surface area (Å²) in [5.41, 5.74) is 0.968. The van der Waals surface area contributed by atoms with E-state index in [2.05, 4.69) is 36.4 Å². The Labute approximate surface area is 125 Å². The number of hydrogen-bond acceptors (Lipinski definition) is 3. The Balaban J connectivity index is 2.65. The van der Waals surface area contributed by atoms with Gasteiger partial charge in [0.05, 0.1) is 12.5 Å². The van der Waals surface area contributed by atoms with Crippen LogP contribution < -0.4 is 10.6 Å². The minimum absolute atomic E-state index is 0.0366. The number of amides is 2. The van der Waals surface area contributed by atoms with Crippen LogP contribution in [0.3, 0.4) is 0 Å². The van der Waals surface area contributed by atoms with Gasteiger partial charge in [0.15, 0.2) is 0 Å². The molecular formula is C15H23N3O3. The molecule has 0 aliphatic heterocycles. The van der Waals surface area contributed by atoms with Crippen LogP contribution in [0, 0.1) is 5.41 Å². The van der Waals surface area contributed by atoms with Crippen molar-refractivity contribution in [3.63, 3.8) is 0 Å². The summed E-state index contributed by atoms with van der Waals surface area (Å²) >= 11 is 0. The van der Waals surface area contributed by atoms with Crippen LogP contribution in [0.25, 0.3) is 0 Å². The molecule has 0 bridgehead atoms. The number of carboxylic acid groups (broad SMARTS) is 1. The van der Waals surface area contributed by atoms with Gasteiger partial charge in [-0.25, -0.2) is 4.79 Å². The molecule has 0 saturated heterocycles. The molecule has 0 radical (unpaired) electrons. The van der Waals surface area contributed by atoms with Gasteiger partial charge in [-0.1, -0.05) is 26.8 Å². The van der Waals surface area contributed by atoms with E-state index in [9.17, 15) is 9.59 Å². The average Bonchev–Trinajstić information content (AvgIpc) is 2.37. The number of pyridine rings is 1. The number of aromatic nitrogens is 1. The van der Waals surface area contributed by atoms with Gasteiger partial charge < -0.3 is 15.7 Å². The Morgan fingerprint density at radius 1 is 1.38 bits per heavy atom. The van der Waals surface area contributed by atoms with Crippen LogP contribution in [0.2, 0.25) is 0 Å². The van der Waals surface area contributed by atoms with E-state index in [1.54, 1.807) is 12.4 Å². The van der Waals surface area contributed by atoms with Crippen LogP contribution in [-0.4, -0.2) is 28.6 Å². The first kappa shape index (κ1) is 16.9. The molecule has 0 aromatic carbocycles. The van der Waals surface area contributed by atoms with Crippen molar-refractivity contribution in [3.8, 4) is 0 Å². The first-order valence-electron chi connectivity index (χ1n) is 6.94. The summed E-state index contributed by atoms with van der Waals surface area (Å²) in [5.74, 6) is -0.936. The summed E-state index contributed by atoms with van der Waals surface area (Å²) in [6.07, 6.45) is 4.08. The van der Waals surface area contributed by atoms with Crippen LogP contribution >= 0.6 is 0 Å². The van der Waals surface area contributed by atoms with Crippen LogP contribution in [-0.2, 0) is 4.79 Å². The molecule has 21 heavy (non-hydrogen) atoms. The van der Waals surface area contributed by atoms with Crippen molar-refractivity contribution in [2.75, 3.05) is 6.54 Å². The first-order valence-corrected chi connectivity index (χ1v) is 6.94. The molecule has 0 aliphatic rings. The number of carboxylic acids is 1. The fourth-order valence-corrected chi connectivity index (χ4v) is 1.94. The van der Waals surface area contributed by atoms with Crippen LogP contribution in [0.4, 0.5) is 4.79 Å². The molecule has 0 saturated carbocycles. The molecule has 1 aromatic rings. The van der Waals surface area contributed by atoms with E-state index in [1.807, 2.05) is 12.1 Å². The summed E-state index contributed by atoms with van der Waals surface area (Å²) in [6, 6.07) is 3.22. The van der Waals surface area contributed by atoms with Crippen molar-refractivity contribution in [1.82, 2.24) is 15.6 Å². The van der Waals surface area contributed by atoms with Gasteiger partial charge in [-0.3, -0.25) is 9.78 Å². The van der Waals surface area contributed by atoms with Gasteiger partial charge in [-0.2, -0.15) is 0 Å². The van der Waals surface area contributed by atoms with Gasteiger partial charge >= 0.3 is 12.0 Å². The van der Waals surface area contributed by atoms with Crippen molar-refractivity contribution in [3.05, 3.63) is 30.1 Å². The number of nitrogens with one attached hydrogen (secondary N) is 2. The van der Waals surface area contributed by atoms with Crippen LogP contribution in [0.1, 0.15) is 45.2 Å². The van der Waals surface area contributed by atoms with E-state index in [4.69, 9.17) is 5.11 Å². The van der Waals surface area contributed by atoms with E-state index >= 15 is 0 Å². The predicted molar refractivity (Wildman–Crippen MR) is 79.8 cm³/mol. The van der Waals surface area contributed by atoms with Crippen LogP contribution in [0.5, 0.6) is 0 Å². The molecule has 116 valence electrons. The van der Waals surface area contributed by atoms with E-state index in [1.165, 1.54) is 0 Å². The summed E-state index contributed by atoms with van der Waals surface area (Å²) < 4.78 is 0. The van der Waals surface area contributed by atoms with Gasteiger partial charge in [-0.05, 0) is 23.5 Å². The zero-order valence-corrected chi connectivity index (χ0v) is 12.7. The van der Waals surface area contributed by atoms with Crippen molar-refractivity contribution in [2.24, 2.45) is 5.41 Å². The first-order chi connectivity index (χ1) is 9.78. The van der Waals surface area contributed by atoms with Gasteiger partial charge in [-0.15, -0.1) is 0 Å². The lowest BCUT2D eigenvalue weighted by molar-refractivity contribution is -0.136. The zero-order chi connectivity index (χ0) is 15.9. The number of hydrogen-bond donors (Lipinski definition) is 3. The molecule has 1 atom stereocenters. The Kier molecular flexibility index (Phi) is 6.14. The highest BCUT2D eigenvalue weighted by Gasteiger charge is 2.22. The monoisotopic (exact) mass is 293 g/mol. The molecule has 3 N–H and O–H groups in total. The number of aliphatic carboxylic acids is 1. The minimum atomic E-state index is -0.936. The summed E-state index contributed by atoms with van der Waals surface area (Å²) in [6.45, 7) is 6.40. The Bertz CT molecular complexity index is 469. The normalized spacial score (nSPS) is 12.5. The maximum Gasteiger partial charge on any atom is 0.315 e. The predicted octanol–water partition coefficient (Wildman–Crippen LogP) is 2.33. The molecule has 1 aromatic heterocycles. The summed E-state index contributed by atoms with van der Waals surface area (Å²) in [5, 5.41) is 14.0. The molecule has 1 rings (SSSR count). The molecule has 1 heterocycles. The second kappa shape index (κ2) is 7.61. The molecule has 0 fully saturated rings. The average molecular weight is 293 g/mol. The Morgan fingerprint density at radius 3 is 2.62 bits per heavy atom. The molecule has 2 amide bonds. The summed E-state index contributed by atoms with van der Waals surface area (Å²) in [7, 11) is 0. The third-order valence-corrected chi connectivity index (χ3v) is 2.83. The zero-order valence-electron chi connectivity index (χ0n) is 12.7. The smallest absolute Gasteiger partial charge is 0.315 e. The molecular weight excluding hydrogens is 270 g/mol. The van der Waals surface area contributed by atoms with E-state index in [0.29, 0.717) is 0 Å². The van der Waals surface area contributed by atoms with Crippen molar-refractivity contribution < 1.29 is 14.7 Å². The Hall–Kier alpha value is -2.11. The highest BCUT2D eigenvalue weighted by atomic mass is 16.4. The number of nitrogens with zero attached hydrogens (tertiary/aromatic N) is 1. The largest absolute Gasteiger partial charge is 0.481 e. The van der Waals surface area contributed by atoms with E-state index < -0.39 is 5.97 Å². The molecule has 1 unspecified atom stereocenters. The van der Waals surface area contributed by atoms with E-state index in [-0.39, 0.29) is 30.5 Å². The third kappa shape index (κ3) is 7.29. The number of carbonyl (C=O) groups is 2. The Morgan fingerprint density at radius 2 is 2.10 bits per heavy atom. The topological polar surface area (TPSA) is 91.3 Å². The second-order valence-electron chi connectivity index (χ2n) is 6.15. The molecule has 6 nitrogen and oxygen atoms in total. The van der Waals surface area contributed by atoms with Gasteiger partial charge in [0.25, 0.3) is 0 Å². The maximum atomic E-state index is 11.9. The van der Waals surface area contributed by atoms with Gasteiger partial charge in [0.1, 0.15) is 0 Å². The molecule has 0 aliphatic carbocycles. The fourth-order valence-electron chi connectivity index (χ4n) is 1.94. The standard InChI is InChI=1S/C15H23N3O3/c1-15(2,3)9-12(11-5-4-7-16-10-11)18-14(21)17-8-6-13(19)20/h4-5,7,10,12H,6,8-9H2,1-3H3,(H,19,20)(H2,17,18,21). The van der Waals surface area contributed by atoms with Crippen molar-refractivity contribution in [2.45, 2.75) is 39.7 Å². The number of carbonyl (C=O) groups excluding carboxylic acids is 1. The van der Waals surface area contributed by atoms with Crippen molar-refractivity contribution in [1.29, 1.82) is 0 Å². The third-order valence-electron chi connectivity index (χ3n) is 2.83. The van der Waals surface area contributed by atoms with Crippen molar-refractivity contribution >= 4 is 12.0 Å². The quantitative estimate of drug-likeness (QED) is 0.750.